The first-order valence-corrected chi connectivity index (χ1v) is 7.22. The zero-order valence-electron chi connectivity index (χ0n) is 11.5. The van der Waals surface area contributed by atoms with Crippen molar-refractivity contribution in [1.82, 2.24) is 5.32 Å². The minimum atomic E-state index is -0.0194. The molecule has 18 heavy (non-hydrogen) atoms. The molecule has 0 amide bonds. The Kier molecular flexibility index (Phi) is 4.76. The van der Waals surface area contributed by atoms with Crippen molar-refractivity contribution in [2.45, 2.75) is 52.0 Å². The first-order valence-electron chi connectivity index (χ1n) is 7.22. The van der Waals surface area contributed by atoms with E-state index in [1.54, 1.807) is 0 Å². The molecular weight excluding hydrogens is 225 g/mol. The summed E-state index contributed by atoms with van der Waals surface area (Å²) in [6.07, 6.45) is 6.38. The van der Waals surface area contributed by atoms with Crippen LogP contribution in [0.2, 0.25) is 0 Å². The van der Waals surface area contributed by atoms with Crippen LogP contribution in [0.15, 0.2) is 18.2 Å². The molecule has 100 valence electrons. The quantitative estimate of drug-likeness (QED) is 0.835. The molecule has 0 bridgehead atoms. The third kappa shape index (κ3) is 2.92. The SMILES string of the molecule is CCNC(c1cccc(C)c1F)C1CCCCC1. The van der Waals surface area contributed by atoms with Gasteiger partial charge in [0.15, 0.2) is 0 Å². The van der Waals surface area contributed by atoms with Gasteiger partial charge in [-0.05, 0) is 37.8 Å². The van der Waals surface area contributed by atoms with Crippen LogP contribution in [0.3, 0.4) is 0 Å². The monoisotopic (exact) mass is 249 g/mol. The average Bonchev–Trinajstić information content (AvgIpc) is 2.41. The van der Waals surface area contributed by atoms with Crippen molar-refractivity contribution in [3.8, 4) is 0 Å². The summed E-state index contributed by atoms with van der Waals surface area (Å²) in [6.45, 7) is 4.85. The summed E-state index contributed by atoms with van der Waals surface area (Å²) >= 11 is 0. The second-order valence-corrected chi connectivity index (χ2v) is 5.41. The Bertz CT molecular complexity index is 383. The highest BCUT2D eigenvalue weighted by molar-refractivity contribution is 5.28. The largest absolute Gasteiger partial charge is 0.310 e. The predicted molar refractivity (Wildman–Crippen MR) is 74.1 cm³/mol. The average molecular weight is 249 g/mol. The third-order valence-electron chi connectivity index (χ3n) is 4.10. The minimum Gasteiger partial charge on any atom is -0.310 e. The Balaban J connectivity index is 2.25. The van der Waals surface area contributed by atoms with E-state index in [2.05, 4.69) is 12.2 Å². The van der Waals surface area contributed by atoms with Crippen molar-refractivity contribution in [3.63, 3.8) is 0 Å². The predicted octanol–water partition coefficient (Wildman–Crippen LogP) is 4.37. The van der Waals surface area contributed by atoms with E-state index < -0.39 is 0 Å². The molecule has 1 N–H and O–H groups in total. The van der Waals surface area contributed by atoms with Gasteiger partial charge in [0.05, 0.1) is 0 Å². The van der Waals surface area contributed by atoms with Crippen molar-refractivity contribution in [2.24, 2.45) is 5.92 Å². The molecule has 1 saturated carbocycles. The second-order valence-electron chi connectivity index (χ2n) is 5.41. The lowest BCUT2D eigenvalue weighted by Gasteiger charge is -2.31. The molecule has 0 spiro atoms. The fourth-order valence-corrected chi connectivity index (χ4v) is 3.13. The van der Waals surface area contributed by atoms with Gasteiger partial charge in [0.1, 0.15) is 5.82 Å². The van der Waals surface area contributed by atoms with Crippen LogP contribution in [0.4, 0.5) is 4.39 Å². The highest BCUT2D eigenvalue weighted by Crippen LogP contribution is 2.35. The lowest BCUT2D eigenvalue weighted by Crippen LogP contribution is -2.30. The Morgan fingerprint density at radius 3 is 2.67 bits per heavy atom. The number of aryl methyl sites for hydroxylation is 1. The van der Waals surface area contributed by atoms with Gasteiger partial charge in [0, 0.05) is 11.6 Å². The van der Waals surface area contributed by atoms with Gasteiger partial charge in [0.2, 0.25) is 0 Å². The molecule has 1 atom stereocenters. The molecule has 1 fully saturated rings. The highest BCUT2D eigenvalue weighted by Gasteiger charge is 2.26. The van der Waals surface area contributed by atoms with Gasteiger partial charge < -0.3 is 5.32 Å². The van der Waals surface area contributed by atoms with Crippen LogP contribution in [0, 0.1) is 18.7 Å². The maximum Gasteiger partial charge on any atom is 0.130 e. The standard InChI is InChI=1S/C16H24FN/c1-3-18-16(13-9-5-4-6-10-13)14-11-7-8-12(2)15(14)17/h7-8,11,13,16,18H,3-6,9-10H2,1-2H3. The molecular formula is C16H24FN. The van der Waals surface area contributed by atoms with Gasteiger partial charge >= 0.3 is 0 Å². The summed E-state index contributed by atoms with van der Waals surface area (Å²) in [5.41, 5.74) is 1.62. The molecule has 1 nitrogen and oxygen atoms in total. The van der Waals surface area contributed by atoms with Gasteiger partial charge in [-0.3, -0.25) is 0 Å². The number of hydrogen-bond donors (Lipinski definition) is 1. The van der Waals surface area contributed by atoms with Crippen molar-refractivity contribution >= 4 is 0 Å². The maximum absolute atomic E-state index is 14.3. The zero-order chi connectivity index (χ0) is 13.0. The van der Waals surface area contributed by atoms with Crippen LogP contribution < -0.4 is 5.32 Å². The van der Waals surface area contributed by atoms with Crippen molar-refractivity contribution in [3.05, 3.63) is 35.1 Å². The molecule has 1 aliphatic carbocycles. The normalized spacial score (nSPS) is 18.8. The molecule has 2 rings (SSSR count). The first-order chi connectivity index (χ1) is 8.74. The second kappa shape index (κ2) is 6.33. The molecule has 1 aliphatic rings. The van der Waals surface area contributed by atoms with Crippen LogP contribution in [0.5, 0.6) is 0 Å². The first kappa shape index (κ1) is 13.5. The van der Waals surface area contributed by atoms with E-state index in [9.17, 15) is 4.39 Å². The van der Waals surface area contributed by atoms with E-state index in [0.717, 1.165) is 17.7 Å². The molecule has 0 aromatic heterocycles. The number of rotatable bonds is 4. The maximum atomic E-state index is 14.3. The lowest BCUT2D eigenvalue weighted by atomic mass is 9.80. The van der Waals surface area contributed by atoms with E-state index >= 15 is 0 Å². The van der Waals surface area contributed by atoms with Gasteiger partial charge in [-0.2, -0.15) is 0 Å². The fraction of sp³-hybridized carbons (Fsp3) is 0.625. The van der Waals surface area contributed by atoms with Crippen LogP contribution >= 0.6 is 0 Å². The number of benzene rings is 1. The van der Waals surface area contributed by atoms with Crippen LogP contribution in [0.1, 0.15) is 56.2 Å². The Hall–Kier alpha value is -0.890. The third-order valence-corrected chi connectivity index (χ3v) is 4.10. The van der Waals surface area contributed by atoms with E-state index in [4.69, 9.17) is 0 Å². The summed E-state index contributed by atoms with van der Waals surface area (Å²) in [5.74, 6) is 0.573. The zero-order valence-corrected chi connectivity index (χ0v) is 11.5. The summed E-state index contributed by atoms with van der Waals surface area (Å²) in [7, 11) is 0. The van der Waals surface area contributed by atoms with E-state index in [1.165, 1.54) is 32.1 Å². The highest BCUT2D eigenvalue weighted by atomic mass is 19.1. The van der Waals surface area contributed by atoms with Crippen LogP contribution in [-0.2, 0) is 0 Å². The molecule has 0 radical (unpaired) electrons. The summed E-state index contributed by atoms with van der Waals surface area (Å²) in [5, 5.41) is 3.50. The molecule has 0 saturated heterocycles. The smallest absolute Gasteiger partial charge is 0.130 e. The number of nitrogens with one attached hydrogen (secondary N) is 1. The fourth-order valence-electron chi connectivity index (χ4n) is 3.13. The van der Waals surface area contributed by atoms with Crippen LogP contribution in [0.25, 0.3) is 0 Å². The summed E-state index contributed by atoms with van der Waals surface area (Å²) in [6, 6.07) is 5.96. The Morgan fingerprint density at radius 1 is 1.28 bits per heavy atom. The lowest BCUT2D eigenvalue weighted by molar-refractivity contribution is 0.269. The van der Waals surface area contributed by atoms with Gasteiger partial charge in [-0.25, -0.2) is 4.39 Å². The molecule has 1 aromatic carbocycles. The van der Waals surface area contributed by atoms with E-state index in [0.29, 0.717) is 5.92 Å². The molecule has 0 aliphatic heterocycles. The van der Waals surface area contributed by atoms with Gasteiger partial charge in [-0.1, -0.05) is 44.4 Å². The minimum absolute atomic E-state index is 0.0194. The van der Waals surface area contributed by atoms with E-state index in [-0.39, 0.29) is 11.9 Å². The summed E-state index contributed by atoms with van der Waals surface area (Å²) < 4.78 is 14.3. The Labute approximate surface area is 110 Å². The topological polar surface area (TPSA) is 12.0 Å². The van der Waals surface area contributed by atoms with E-state index in [1.807, 2.05) is 25.1 Å². The van der Waals surface area contributed by atoms with Crippen molar-refractivity contribution < 1.29 is 4.39 Å². The summed E-state index contributed by atoms with van der Waals surface area (Å²) in [4.78, 5) is 0. The van der Waals surface area contributed by atoms with Gasteiger partial charge in [-0.15, -0.1) is 0 Å². The molecule has 1 unspecified atom stereocenters. The number of hydrogen-bond acceptors (Lipinski definition) is 1. The molecule has 2 heteroatoms. The Morgan fingerprint density at radius 2 is 2.00 bits per heavy atom. The molecule has 0 heterocycles. The number of halogens is 1. The van der Waals surface area contributed by atoms with Crippen molar-refractivity contribution in [2.75, 3.05) is 6.54 Å². The van der Waals surface area contributed by atoms with Crippen molar-refractivity contribution in [1.29, 1.82) is 0 Å². The van der Waals surface area contributed by atoms with Gasteiger partial charge in [0.25, 0.3) is 0 Å². The van der Waals surface area contributed by atoms with Crippen LogP contribution in [-0.4, -0.2) is 6.54 Å². The molecule has 1 aromatic rings.